The van der Waals surface area contributed by atoms with Gasteiger partial charge in [0.05, 0.1) is 18.6 Å². The van der Waals surface area contributed by atoms with Crippen molar-refractivity contribution >= 4 is 33.3 Å². The summed E-state index contributed by atoms with van der Waals surface area (Å²) < 4.78 is 7.38. The Balaban J connectivity index is 1.63. The van der Waals surface area contributed by atoms with Crippen LogP contribution in [0, 0.1) is 11.8 Å². The van der Waals surface area contributed by atoms with Gasteiger partial charge in [-0.1, -0.05) is 32.5 Å². The van der Waals surface area contributed by atoms with Crippen molar-refractivity contribution in [3.63, 3.8) is 0 Å². The lowest BCUT2D eigenvalue weighted by Gasteiger charge is -2.26. The first-order valence-electron chi connectivity index (χ1n) is 10.5. The molecule has 1 saturated heterocycles. The maximum absolute atomic E-state index is 13.5. The van der Waals surface area contributed by atoms with Crippen LogP contribution in [0.4, 0.5) is 0 Å². The molecule has 3 heterocycles. The molecule has 7 heteroatoms. The van der Waals surface area contributed by atoms with E-state index in [2.05, 4.69) is 25.7 Å². The molecular weight excluding hydrogens is 390 g/mol. The number of aryl methyl sites for hydroxylation is 1. The molecular formula is C21H31N3O2S2. The van der Waals surface area contributed by atoms with Crippen LogP contribution in [0.2, 0.25) is 0 Å². The van der Waals surface area contributed by atoms with Gasteiger partial charge in [0.2, 0.25) is 0 Å². The molecule has 0 aromatic carbocycles. The highest BCUT2D eigenvalue weighted by Crippen LogP contribution is 2.36. The minimum Gasteiger partial charge on any atom is -0.379 e. The quantitative estimate of drug-likeness (QED) is 0.526. The molecule has 0 amide bonds. The van der Waals surface area contributed by atoms with E-state index in [1.165, 1.54) is 16.9 Å². The van der Waals surface area contributed by atoms with Crippen molar-refractivity contribution in [2.45, 2.75) is 51.7 Å². The Hall–Kier alpha value is -0.890. The van der Waals surface area contributed by atoms with Crippen molar-refractivity contribution < 1.29 is 4.74 Å². The van der Waals surface area contributed by atoms with Crippen LogP contribution in [-0.4, -0.2) is 53.1 Å². The highest BCUT2D eigenvalue weighted by Gasteiger charge is 2.25. The lowest BCUT2D eigenvalue weighted by molar-refractivity contribution is 0.0410. The molecule has 1 aliphatic heterocycles. The van der Waals surface area contributed by atoms with Gasteiger partial charge in [-0.15, -0.1) is 11.3 Å². The van der Waals surface area contributed by atoms with E-state index in [0.717, 1.165) is 73.4 Å². The molecule has 4 rings (SSSR count). The molecule has 0 spiro atoms. The van der Waals surface area contributed by atoms with Crippen molar-refractivity contribution in [3.8, 4) is 0 Å². The molecule has 1 fully saturated rings. The first kappa shape index (κ1) is 20.4. The lowest BCUT2D eigenvalue weighted by atomic mass is 9.89. The fraction of sp³-hybridized carbons (Fsp3) is 0.714. The zero-order valence-corrected chi connectivity index (χ0v) is 18.8. The van der Waals surface area contributed by atoms with E-state index in [4.69, 9.17) is 9.72 Å². The fourth-order valence-electron chi connectivity index (χ4n) is 4.13. The van der Waals surface area contributed by atoms with Gasteiger partial charge in [0.15, 0.2) is 5.16 Å². The van der Waals surface area contributed by atoms with E-state index in [-0.39, 0.29) is 5.56 Å². The molecule has 0 saturated carbocycles. The maximum atomic E-state index is 13.5. The standard InChI is InChI=1S/C21H31N3O2S2/c1-14(2)13-24-20(25)18-16-5-4-15(3)12-17(16)28-19(18)22-21(24)27-11-8-23-6-9-26-10-7-23/h14-15H,4-13H2,1-3H3. The largest absolute Gasteiger partial charge is 0.379 e. The fourth-order valence-corrected chi connectivity index (χ4v) is 6.56. The summed E-state index contributed by atoms with van der Waals surface area (Å²) in [6.45, 7) is 12.1. The topological polar surface area (TPSA) is 47.4 Å². The molecule has 0 N–H and O–H groups in total. The van der Waals surface area contributed by atoms with E-state index < -0.39 is 0 Å². The molecule has 28 heavy (non-hydrogen) atoms. The van der Waals surface area contributed by atoms with Gasteiger partial charge in [-0.05, 0) is 36.7 Å². The first-order valence-corrected chi connectivity index (χ1v) is 12.3. The summed E-state index contributed by atoms with van der Waals surface area (Å²) in [6.07, 6.45) is 3.30. The van der Waals surface area contributed by atoms with Gasteiger partial charge in [0.25, 0.3) is 5.56 Å². The molecule has 154 valence electrons. The maximum Gasteiger partial charge on any atom is 0.263 e. The summed E-state index contributed by atoms with van der Waals surface area (Å²) in [7, 11) is 0. The van der Waals surface area contributed by atoms with Gasteiger partial charge in [0, 0.05) is 36.8 Å². The van der Waals surface area contributed by atoms with E-state index in [0.29, 0.717) is 11.8 Å². The van der Waals surface area contributed by atoms with Crippen molar-refractivity contribution in [2.24, 2.45) is 11.8 Å². The summed E-state index contributed by atoms with van der Waals surface area (Å²) in [4.78, 5) is 23.2. The Bertz CT molecular complexity index is 884. The number of thioether (sulfide) groups is 1. The summed E-state index contributed by atoms with van der Waals surface area (Å²) in [5, 5.41) is 1.80. The van der Waals surface area contributed by atoms with Gasteiger partial charge in [0.1, 0.15) is 4.83 Å². The van der Waals surface area contributed by atoms with Crippen LogP contribution in [0.1, 0.15) is 37.6 Å². The molecule has 1 aliphatic carbocycles. The van der Waals surface area contributed by atoms with E-state index in [9.17, 15) is 4.79 Å². The Morgan fingerprint density at radius 2 is 2.11 bits per heavy atom. The predicted octanol–water partition coefficient (Wildman–Crippen LogP) is 3.66. The van der Waals surface area contributed by atoms with E-state index >= 15 is 0 Å². The minimum absolute atomic E-state index is 0.180. The number of morpholine rings is 1. The summed E-state index contributed by atoms with van der Waals surface area (Å²) >= 11 is 3.49. The molecule has 1 unspecified atom stereocenters. The average Bonchev–Trinajstić information content (AvgIpc) is 3.02. The second-order valence-electron chi connectivity index (χ2n) is 8.54. The van der Waals surface area contributed by atoms with Crippen LogP contribution >= 0.6 is 23.1 Å². The van der Waals surface area contributed by atoms with Gasteiger partial charge in [-0.25, -0.2) is 4.98 Å². The molecule has 2 aromatic rings. The van der Waals surface area contributed by atoms with Crippen molar-refractivity contribution in [1.82, 2.24) is 14.5 Å². The summed E-state index contributed by atoms with van der Waals surface area (Å²) in [5.41, 5.74) is 1.47. The zero-order valence-electron chi connectivity index (χ0n) is 17.2. The lowest BCUT2D eigenvalue weighted by Crippen LogP contribution is -2.37. The molecule has 2 aromatic heterocycles. The van der Waals surface area contributed by atoms with Gasteiger partial charge >= 0.3 is 0 Å². The Labute approximate surface area is 175 Å². The Morgan fingerprint density at radius 1 is 1.32 bits per heavy atom. The summed E-state index contributed by atoms with van der Waals surface area (Å²) in [5.74, 6) is 2.09. The average molecular weight is 422 g/mol. The first-order chi connectivity index (χ1) is 13.5. The SMILES string of the molecule is CC(C)Cn1c(SCCN2CCOCC2)nc2sc3c(c2c1=O)CCC(C)C3. The Kier molecular flexibility index (Phi) is 6.45. The van der Waals surface area contributed by atoms with Gasteiger partial charge in [-0.2, -0.15) is 0 Å². The molecule has 1 atom stereocenters. The summed E-state index contributed by atoms with van der Waals surface area (Å²) in [6, 6.07) is 0. The number of hydrogen-bond acceptors (Lipinski definition) is 6. The second kappa shape index (κ2) is 8.86. The smallest absolute Gasteiger partial charge is 0.263 e. The number of fused-ring (bicyclic) bond motifs is 3. The second-order valence-corrected chi connectivity index (χ2v) is 10.7. The number of aromatic nitrogens is 2. The van der Waals surface area contributed by atoms with Crippen molar-refractivity contribution in [1.29, 1.82) is 0 Å². The van der Waals surface area contributed by atoms with Crippen molar-refractivity contribution in [3.05, 3.63) is 20.8 Å². The van der Waals surface area contributed by atoms with Crippen molar-refractivity contribution in [2.75, 3.05) is 38.6 Å². The van der Waals surface area contributed by atoms with Gasteiger partial charge in [-0.3, -0.25) is 14.3 Å². The molecule has 5 nitrogen and oxygen atoms in total. The minimum atomic E-state index is 0.180. The van der Waals surface area contributed by atoms with Crippen LogP contribution in [-0.2, 0) is 24.1 Å². The number of thiophene rings is 1. The third kappa shape index (κ3) is 4.32. The molecule has 0 bridgehead atoms. The van der Waals surface area contributed by atoms with Crippen LogP contribution < -0.4 is 5.56 Å². The third-order valence-electron chi connectivity index (χ3n) is 5.67. The van der Waals surface area contributed by atoms with E-state index in [1.807, 2.05) is 4.57 Å². The predicted molar refractivity (Wildman–Crippen MR) is 118 cm³/mol. The number of nitrogens with zero attached hydrogens (tertiary/aromatic N) is 3. The molecule has 0 radical (unpaired) electrons. The zero-order chi connectivity index (χ0) is 19.7. The number of rotatable bonds is 6. The van der Waals surface area contributed by atoms with Crippen LogP contribution in [0.25, 0.3) is 10.2 Å². The monoisotopic (exact) mass is 421 g/mol. The third-order valence-corrected chi connectivity index (χ3v) is 7.78. The van der Waals surface area contributed by atoms with Gasteiger partial charge < -0.3 is 4.74 Å². The van der Waals surface area contributed by atoms with Crippen LogP contribution in [0.3, 0.4) is 0 Å². The highest BCUT2D eigenvalue weighted by molar-refractivity contribution is 7.99. The highest BCUT2D eigenvalue weighted by atomic mass is 32.2. The van der Waals surface area contributed by atoms with Crippen LogP contribution in [0.5, 0.6) is 0 Å². The van der Waals surface area contributed by atoms with E-state index in [1.54, 1.807) is 23.1 Å². The number of hydrogen-bond donors (Lipinski definition) is 0. The van der Waals surface area contributed by atoms with Crippen LogP contribution in [0.15, 0.2) is 9.95 Å². The molecule has 2 aliphatic rings. The number of ether oxygens (including phenoxy) is 1. The normalized spacial score (nSPS) is 20.8. The Morgan fingerprint density at radius 3 is 2.86 bits per heavy atom.